The number of aromatic amines is 1. The highest BCUT2D eigenvalue weighted by atomic mass is 16.3. The molecule has 0 unspecified atom stereocenters. The second kappa shape index (κ2) is 12.8. The number of hydrogen-bond donors (Lipinski definition) is 1. The van der Waals surface area contributed by atoms with Gasteiger partial charge in [0.05, 0.1) is 0 Å². The van der Waals surface area contributed by atoms with Gasteiger partial charge < -0.3 is 9.40 Å². The molecule has 2 heterocycles. The summed E-state index contributed by atoms with van der Waals surface area (Å²) in [6, 6.07) is 75.4. The van der Waals surface area contributed by atoms with Crippen LogP contribution in [0.2, 0.25) is 0 Å². The Balaban J connectivity index is 0.967. The van der Waals surface area contributed by atoms with Crippen LogP contribution in [0, 0.1) is 0 Å². The van der Waals surface area contributed by atoms with E-state index in [-0.39, 0.29) is 0 Å². The van der Waals surface area contributed by atoms with Crippen LogP contribution < -0.4 is 0 Å². The third-order valence-electron chi connectivity index (χ3n) is 12.7. The first-order valence-electron chi connectivity index (χ1n) is 20.7. The normalized spacial score (nSPS) is 12.0. The Labute approximate surface area is 345 Å². The van der Waals surface area contributed by atoms with E-state index in [1.165, 1.54) is 109 Å². The average Bonchev–Trinajstić information content (AvgIpc) is 3.89. The van der Waals surface area contributed by atoms with Crippen LogP contribution in [-0.2, 0) is 0 Å². The van der Waals surface area contributed by atoms with Gasteiger partial charge in [-0.15, -0.1) is 0 Å². The molecule has 2 aromatic heterocycles. The molecule has 2 nitrogen and oxygen atoms in total. The monoisotopic (exact) mass is 761 g/mol. The summed E-state index contributed by atoms with van der Waals surface area (Å²) in [5.41, 5.74) is 13.8. The van der Waals surface area contributed by atoms with Gasteiger partial charge in [-0.25, -0.2) is 0 Å². The van der Waals surface area contributed by atoms with E-state index in [0.29, 0.717) is 0 Å². The zero-order valence-corrected chi connectivity index (χ0v) is 32.5. The number of fused-ring (bicyclic) bond motifs is 12. The highest BCUT2D eigenvalue weighted by Gasteiger charge is 2.19. The van der Waals surface area contributed by atoms with Crippen LogP contribution in [0.5, 0.6) is 0 Å². The number of nitrogens with one attached hydrogen (secondary N) is 1. The fourth-order valence-electron chi connectivity index (χ4n) is 10.0. The van der Waals surface area contributed by atoms with Crippen molar-refractivity contribution >= 4 is 86.8 Å². The van der Waals surface area contributed by atoms with Gasteiger partial charge in [-0.2, -0.15) is 0 Å². The van der Waals surface area contributed by atoms with Crippen molar-refractivity contribution < 1.29 is 4.42 Å². The lowest BCUT2D eigenvalue weighted by Crippen LogP contribution is -1.91. The Morgan fingerprint density at radius 2 is 0.717 bits per heavy atom. The van der Waals surface area contributed by atoms with Crippen molar-refractivity contribution in [1.29, 1.82) is 0 Å². The molecule has 0 fully saturated rings. The predicted octanol–water partition coefficient (Wildman–Crippen LogP) is 16.5. The zero-order valence-electron chi connectivity index (χ0n) is 32.5. The number of furan rings is 1. The fraction of sp³-hybridized carbons (Fsp3) is 0. The summed E-state index contributed by atoms with van der Waals surface area (Å²) < 4.78 is 6.36. The molecule has 13 aromatic rings. The molecule has 13 rings (SSSR count). The van der Waals surface area contributed by atoms with Gasteiger partial charge in [0.1, 0.15) is 11.2 Å². The lowest BCUT2D eigenvalue weighted by Gasteiger charge is -2.18. The number of benzene rings is 11. The molecule has 0 aliphatic rings. The number of aromatic nitrogens is 1. The highest BCUT2D eigenvalue weighted by Crippen LogP contribution is 2.46. The third kappa shape index (κ3) is 4.95. The number of hydrogen-bond acceptors (Lipinski definition) is 1. The molecule has 1 N–H and O–H groups in total. The Hall–Kier alpha value is -7.94. The molecule has 2 heteroatoms. The first-order chi connectivity index (χ1) is 29.7. The van der Waals surface area contributed by atoms with Gasteiger partial charge in [-0.3, -0.25) is 0 Å². The average molecular weight is 762 g/mol. The van der Waals surface area contributed by atoms with E-state index in [1.807, 2.05) is 0 Å². The van der Waals surface area contributed by atoms with E-state index in [2.05, 4.69) is 211 Å². The smallest absolute Gasteiger partial charge is 0.136 e. The molecule has 11 aromatic carbocycles. The molecule has 0 aliphatic heterocycles. The highest BCUT2D eigenvalue weighted by molar-refractivity contribution is 6.23. The standard InChI is InChI=1S/C58H35NO/c1-3-17-43-35(11-1)23-28-52-57(43)49-33-39(24-27-51(49)59-52)37-13-9-15-41(31-37)55-45-19-5-7-21-47(45)56(48-22-8-6-20-46(48)55)42-16-10-14-38(32-42)40-26-29-53-50(34-40)58-44-18-4-2-12-36(44)25-30-54(58)60-53/h1-34,59H. The maximum absolute atomic E-state index is 6.36. The Morgan fingerprint density at radius 1 is 0.267 bits per heavy atom. The van der Waals surface area contributed by atoms with Crippen molar-refractivity contribution in [2.75, 3.05) is 0 Å². The molecule has 278 valence electrons. The lowest BCUT2D eigenvalue weighted by molar-refractivity contribution is 0.669. The van der Waals surface area contributed by atoms with Crippen molar-refractivity contribution in [3.8, 4) is 44.5 Å². The van der Waals surface area contributed by atoms with E-state index in [4.69, 9.17) is 4.42 Å². The van der Waals surface area contributed by atoms with Crippen LogP contribution in [0.15, 0.2) is 211 Å². The first-order valence-corrected chi connectivity index (χ1v) is 20.7. The summed E-state index contributed by atoms with van der Waals surface area (Å²) in [4.78, 5) is 3.67. The van der Waals surface area contributed by atoms with Crippen LogP contribution in [-0.4, -0.2) is 4.98 Å². The molecular formula is C58H35NO. The summed E-state index contributed by atoms with van der Waals surface area (Å²) in [6.45, 7) is 0. The van der Waals surface area contributed by atoms with Gasteiger partial charge in [0.25, 0.3) is 0 Å². The quantitative estimate of drug-likeness (QED) is 0.178. The van der Waals surface area contributed by atoms with E-state index in [1.54, 1.807) is 0 Å². The number of rotatable bonds is 4. The second-order valence-electron chi connectivity index (χ2n) is 16.1. The topological polar surface area (TPSA) is 28.9 Å². The Kier molecular flexibility index (Phi) is 7.05. The summed E-state index contributed by atoms with van der Waals surface area (Å²) >= 11 is 0. The fourth-order valence-corrected chi connectivity index (χ4v) is 10.0. The molecule has 0 saturated heterocycles. The summed E-state index contributed by atoms with van der Waals surface area (Å²) in [5, 5.41) is 14.8. The van der Waals surface area contributed by atoms with Crippen molar-refractivity contribution in [3.05, 3.63) is 206 Å². The maximum Gasteiger partial charge on any atom is 0.136 e. The summed E-state index contributed by atoms with van der Waals surface area (Å²) in [5.74, 6) is 0. The second-order valence-corrected chi connectivity index (χ2v) is 16.1. The molecule has 0 spiro atoms. The largest absolute Gasteiger partial charge is 0.456 e. The van der Waals surface area contributed by atoms with Crippen LogP contribution >= 0.6 is 0 Å². The minimum atomic E-state index is 0.907. The van der Waals surface area contributed by atoms with Crippen LogP contribution in [0.3, 0.4) is 0 Å². The van der Waals surface area contributed by atoms with E-state index < -0.39 is 0 Å². The third-order valence-corrected chi connectivity index (χ3v) is 12.7. The Morgan fingerprint density at radius 3 is 1.33 bits per heavy atom. The summed E-state index contributed by atoms with van der Waals surface area (Å²) in [6.07, 6.45) is 0. The molecule has 0 saturated carbocycles. The van der Waals surface area contributed by atoms with Gasteiger partial charge in [0.2, 0.25) is 0 Å². The van der Waals surface area contributed by atoms with Gasteiger partial charge in [-0.05, 0) is 136 Å². The van der Waals surface area contributed by atoms with Crippen LogP contribution in [0.4, 0.5) is 0 Å². The molecular weight excluding hydrogens is 727 g/mol. The lowest BCUT2D eigenvalue weighted by atomic mass is 9.85. The van der Waals surface area contributed by atoms with Crippen molar-refractivity contribution in [2.45, 2.75) is 0 Å². The molecule has 0 aliphatic carbocycles. The Bertz CT molecular complexity index is 3590. The first kappa shape index (κ1) is 33.1. The van der Waals surface area contributed by atoms with E-state index in [9.17, 15) is 0 Å². The summed E-state index contributed by atoms with van der Waals surface area (Å²) in [7, 11) is 0. The molecule has 0 amide bonds. The minimum Gasteiger partial charge on any atom is -0.456 e. The number of H-pyrrole nitrogens is 1. The van der Waals surface area contributed by atoms with E-state index >= 15 is 0 Å². The molecule has 0 bridgehead atoms. The van der Waals surface area contributed by atoms with Gasteiger partial charge in [0, 0.05) is 32.6 Å². The predicted molar refractivity (Wildman–Crippen MR) is 255 cm³/mol. The van der Waals surface area contributed by atoms with Gasteiger partial charge in [0.15, 0.2) is 0 Å². The van der Waals surface area contributed by atoms with Gasteiger partial charge in [-0.1, -0.05) is 158 Å². The van der Waals surface area contributed by atoms with Gasteiger partial charge >= 0.3 is 0 Å². The van der Waals surface area contributed by atoms with Crippen molar-refractivity contribution in [2.24, 2.45) is 0 Å². The molecule has 60 heavy (non-hydrogen) atoms. The van der Waals surface area contributed by atoms with Crippen molar-refractivity contribution in [1.82, 2.24) is 4.98 Å². The van der Waals surface area contributed by atoms with Crippen LogP contribution in [0.1, 0.15) is 0 Å². The molecule has 0 radical (unpaired) electrons. The van der Waals surface area contributed by atoms with E-state index in [0.717, 1.165) is 22.1 Å². The molecule has 0 atom stereocenters. The SMILES string of the molecule is c1cc(-c2ccc3[nH]c4ccc5ccccc5c4c3c2)cc(-c2c3ccccc3c(-c3cccc(-c4ccc5oc6ccc7ccccc7c6c5c4)c3)c3ccccc23)c1. The zero-order chi connectivity index (χ0) is 39.3. The maximum atomic E-state index is 6.36. The van der Waals surface area contributed by atoms with Crippen molar-refractivity contribution in [3.63, 3.8) is 0 Å². The minimum absolute atomic E-state index is 0.907. The van der Waals surface area contributed by atoms with Crippen LogP contribution in [0.25, 0.3) is 131 Å².